The lowest BCUT2D eigenvalue weighted by Gasteiger charge is -2.25. The third kappa shape index (κ3) is 5.24. The fourth-order valence-corrected chi connectivity index (χ4v) is 0.946. The third-order valence-electron chi connectivity index (χ3n) is 2.06. The van der Waals surface area contributed by atoms with Crippen LogP contribution < -0.4 is 0 Å². The third-order valence-corrected chi connectivity index (χ3v) is 2.06. The van der Waals surface area contributed by atoms with E-state index in [4.69, 9.17) is 10.2 Å². The zero-order valence-corrected chi connectivity index (χ0v) is 9.48. The average Bonchev–Trinajstić information content (AvgIpc) is 2.32. The number of hydrogen-bond acceptors (Lipinski definition) is 7. The molecule has 4 atom stereocenters. The van der Waals surface area contributed by atoms with Gasteiger partial charge in [0.05, 0.1) is 6.61 Å². The predicted molar refractivity (Wildman–Crippen MR) is 56.9 cm³/mol. The number of ether oxygens (including phenoxy) is 1. The summed E-state index contributed by atoms with van der Waals surface area (Å²) >= 11 is 0. The van der Waals surface area contributed by atoms with Crippen molar-refractivity contribution < 1.29 is 35.1 Å². The van der Waals surface area contributed by atoms with Gasteiger partial charge in [-0.1, -0.05) is 6.58 Å². The van der Waals surface area contributed by atoms with Crippen LogP contribution in [0.25, 0.3) is 0 Å². The summed E-state index contributed by atoms with van der Waals surface area (Å²) in [5, 5.41) is 45.5. The SMILES string of the molecule is C=C(C)C(=O)OCC(O)C(O)C(O)C(O)CO. The Hall–Kier alpha value is -0.990. The number of hydrogen-bond donors (Lipinski definition) is 5. The van der Waals surface area contributed by atoms with Crippen LogP contribution in [0.3, 0.4) is 0 Å². The summed E-state index contributed by atoms with van der Waals surface area (Å²) in [4.78, 5) is 11.0. The van der Waals surface area contributed by atoms with Gasteiger partial charge in [0.1, 0.15) is 31.0 Å². The van der Waals surface area contributed by atoms with Crippen LogP contribution in [0.5, 0.6) is 0 Å². The first-order valence-electron chi connectivity index (χ1n) is 4.97. The van der Waals surface area contributed by atoms with E-state index in [2.05, 4.69) is 11.3 Å². The van der Waals surface area contributed by atoms with E-state index in [1.165, 1.54) is 6.92 Å². The molecular formula is C10H18O7. The van der Waals surface area contributed by atoms with Gasteiger partial charge >= 0.3 is 5.97 Å². The van der Waals surface area contributed by atoms with Crippen LogP contribution in [0.4, 0.5) is 0 Å². The van der Waals surface area contributed by atoms with E-state index < -0.39 is 43.6 Å². The maximum atomic E-state index is 11.0. The molecule has 0 aromatic rings. The second kappa shape index (κ2) is 7.36. The summed E-state index contributed by atoms with van der Waals surface area (Å²) in [5.74, 6) is -0.742. The number of aliphatic hydroxyl groups excluding tert-OH is 5. The molecule has 0 aliphatic rings. The Labute approximate surface area is 98.6 Å². The smallest absolute Gasteiger partial charge is 0.333 e. The highest BCUT2D eigenvalue weighted by Gasteiger charge is 2.30. The van der Waals surface area contributed by atoms with Gasteiger partial charge in [0.2, 0.25) is 0 Å². The zero-order valence-electron chi connectivity index (χ0n) is 9.48. The first kappa shape index (κ1) is 16.0. The molecule has 5 N–H and O–H groups in total. The van der Waals surface area contributed by atoms with Crippen LogP contribution in [0.2, 0.25) is 0 Å². The minimum atomic E-state index is -1.74. The molecule has 0 rings (SSSR count). The highest BCUT2D eigenvalue weighted by molar-refractivity contribution is 5.86. The van der Waals surface area contributed by atoms with Gasteiger partial charge in [-0.25, -0.2) is 4.79 Å². The van der Waals surface area contributed by atoms with Crippen molar-refractivity contribution in [3.8, 4) is 0 Å². The summed E-state index contributed by atoms with van der Waals surface area (Å²) < 4.78 is 4.55. The van der Waals surface area contributed by atoms with Crippen LogP contribution >= 0.6 is 0 Å². The standard InChI is InChI=1S/C10H18O7/c1-5(2)10(16)17-4-7(13)9(15)8(14)6(12)3-11/h6-9,11-15H,1,3-4H2,2H3. The van der Waals surface area contributed by atoms with E-state index in [1.54, 1.807) is 0 Å². The van der Waals surface area contributed by atoms with Gasteiger partial charge in [-0.3, -0.25) is 0 Å². The van der Waals surface area contributed by atoms with E-state index in [0.717, 1.165) is 0 Å². The van der Waals surface area contributed by atoms with E-state index in [-0.39, 0.29) is 5.57 Å². The van der Waals surface area contributed by atoms with E-state index in [1.807, 2.05) is 0 Å². The predicted octanol–water partition coefficient (Wildman–Crippen LogP) is -2.46. The number of aliphatic hydroxyl groups is 5. The quantitative estimate of drug-likeness (QED) is 0.250. The highest BCUT2D eigenvalue weighted by Crippen LogP contribution is 2.06. The molecule has 0 aromatic heterocycles. The second-order valence-electron chi connectivity index (χ2n) is 3.68. The molecule has 0 heterocycles. The largest absolute Gasteiger partial charge is 0.459 e. The summed E-state index contributed by atoms with van der Waals surface area (Å²) in [6.45, 7) is 3.40. The molecule has 0 radical (unpaired) electrons. The van der Waals surface area contributed by atoms with E-state index in [9.17, 15) is 20.1 Å². The first-order valence-corrected chi connectivity index (χ1v) is 4.97. The molecule has 0 aliphatic carbocycles. The Morgan fingerprint density at radius 2 is 1.65 bits per heavy atom. The topological polar surface area (TPSA) is 127 Å². The fraction of sp³-hybridized carbons (Fsp3) is 0.700. The van der Waals surface area contributed by atoms with Crippen molar-refractivity contribution in [3.63, 3.8) is 0 Å². The molecule has 7 nitrogen and oxygen atoms in total. The maximum Gasteiger partial charge on any atom is 0.333 e. The van der Waals surface area contributed by atoms with Gasteiger partial charge in [0, 0.05) is 5.57 Å². The average molecular weight is 250 g/mol. The van der Waals surface area contributed by atoms with Crippen molar-refractivity contribution in [3.05, 3.63) is 12.2 Å². The maximum absolute atomic E-state index is 11.0. The van der Waals surface area contributed by atoms with Gasteiger partial charge in [0.15, 0.2) is 0 Å². The summed E-state index contributed by atoms with van der Waals surface area (Å²) in [5.41, 5.74) is 0.127. The Kier molecular flexibility index (Phi) is 6.93. The van der Waals surface area contributed by atoms with Gasteiger partial charge in [-0.2, -0.15) is 0 Å². The number of esters is 1. The molecule has 0 spiro atoms. The molecule has 7 heteroatoms. The Bertz CT molecular complexity index is 265. The molecule has 0 saturated heterocycles. The lowest BCUT2D eigenvalue weighted by Crippen LogP contribution is -2.47. The van der Waals surface area contributed by atoms with Crippen molar-refractivity contribution in [2.24, 2.45) is 0 Å². The molecule has 4 unspecified atom stereocenters. The minimum absolute atomic E-state index is 0.127. The lowest BCUT2D eigenvalue weighted by atomic mass is 10.0. The van der Waals surface area contributed by atoms with Gasteiger partial charge in [0.25, 0.3) is 0 Å². The second-order valence-corrected chi connectivity index (χ2v) is 3.68. The van der Waals surface area contributed by atoms with Crippen LogP contribution in [-0.2, 0) is 9.53 Å². The van der Waals surface area contributed by atoms with Crippen molar-refractivity contribution in [2.75, 3.05) is 13.2 Å². The molecule has 0 amide bonds. The van der Waals surface area contributed by atoms with E-state index >= 15 is 0 Å². The van der Waals surface area contributed by atoms with Crippen molar-refractivity contribution >= 4 is 5.97 Å². The zero-order chi connectivity index (χ0) is 13.6. The normalized spacial score (nSPS) is 18.0. The summed E-state index contributed by atoms with van der Waals surface area (Å²) in [6.07, 6.45) is -6.64. The van der Waals surface area contributed by atoms with Gasteiger partial charge in [-0.15, -0.1) is 0 Å². The van der Waals surface area contributed by atoms with Gasteiger partial charge in [-0.05, 0) is 6.92 Å². The summed E-state index contributed by atoms with van der Waals surface area (Å²) in [7, 11) is 0. The fourth-order valence-electron chi connectivity index (χ4n) is 0.946. The molecule has 0 fully saturated rings. The van der Waals surface area contributed by atoms with Crippen LogP contribution in [-0.4, -0.2) is 69.1 Å². The Balaban J connectivity index is 4.18. The summed E-state index contributed by atoms with van der Waals surface area (Å²) in [6, 6.07) is 0. The Morgan fingerprint density at radius 3 is 2.06 bits per heavy atom. The van der Waals surface area contributed by atoms with E-state index in [0.29, 0.717) is 0 Å². The monoisotopic (exact) mass is 250 g/mol. The van der Waals surface area contributed by atoms with Crippen molar-refractivity contribution in [2.45, 2.75) is 31.3 Å². The molecule has 100 valence electrons. The number of rotatable bonds is 7. The number of carbonyl (C=O) groups excluding carboxylic acids is 1. The Morgan fingerprint density at radius 1 is 1.18 bits per heavy atom. The van der Waals surface area contributed by atoms with Crippen molar-refractivity contribution in [1.82, 2.24) is 0 Å². The molecule has 0 bridgehead atoms. The van der Waals surface area contributed by atoms with Crippen LogP contribution in [0.1, 0.15) is 6.92 Å². The molecule has 0 aromatic carbocycles. The first-order chi connectivity index (χ1) is 7.81. The molecule has 0 saturated carbocycles. The minimum Gasteiger partial charge on any atom is -0.459 e. The molecular weight excluding hydrogens is 232 g/mol. The molecule has 0 aliphatic heterocycles. The number of carbonyl (C=O) groups is 1. The van der Waals surface area contributed by atoms with Crippen LogP contribution in [0, 0.1) is 0 Å². The highest BCUT2D eigenvalue weighted by atomic mass is 16.5. The molecule has 17 heavy (non-hydrogen) atoms. The van der Waals surface area contributed by atoms with Crippen LogP contribution in [0.15, 0.2) is 12.2 Å². The van der Waals surface area contributed by atoms with Gasteiger partial charge < -0.3 is 30.3 Å². The lowest BCUT2D eigenvalue weighted by molar-refractivity contribution is -0.152. The van der Waals surface area contributed by atoms with Crippen molar-refractivity contribution in [1.29, 1.82) is 0 Å².